The number of hydrogen-bond donors (Lipinski definition) is 0. The third-order valence-corrected chi connectivity index (χ3v) is 5.52. The van der Waals surface area contributed by atoms with Crippen molar-refractivity contribution in [3.05, 3.63) is 129 Å². The Bertz CT molecular complexity index is 1220. The molecule has 4 aromatic carbocycles. The van der Waals surface area contributed by atoms with E-state index in [-0.39, 0.29) is 0 Å². The second-order valence-corrected chi connectivity index (χ2v) is 6.93. The first-order chi connectivity index (χ1) is 13.8. The van der Waals surface area contributed by atoms with E-state index in [1.165, 1.54) is 0 Å². The minimum Gasteiger partial charge on any atom is -0.0729 e. The molecule has 0 saturated carbocycles. The van der Waals surface area contributed by atoms with Crippen molar-refractivity contribution >= 4 is 22.9 Å². The van der Waals surface area contributed by atoms with Crippen LogP contribution >= 0.6 is 0 Å². The maximum absolute atomic E-state index is 9.70. The van der Waals surface area contributed by atoms with Crippen LogP contribution in [0, 0.1) is 0 Å². The van der Waals surface area contributed by atoms with Gasteiger partial charge in [-0.25, -0.2) is 0 Å². The zero-order valence-electron chi connectivity index (χ0n) is 15.2. The molecule has 1 aliphatic carbocycles. The Morgan fingerprint density at radius 1 is 0.607 bits per heavy atom. The number of benzene rings is 4. The van der Waals surface area contributed by atoms with Crippen LogP contribution in [0.1, 0.15) is 27.8 Å². The maximum atomic E-state index is 9.70. The molecular formula is C25H17N3. The molecule has 0 fully saturated rings. The fourth-order valence-electron chi connectivity index (χ4n) is 4.33. The molecule has 3 nitrogen and oxygen atoms in total. The standard InChI is InChI=1S/C25H17N3/c26-28-27-25(24-15-7-11-18-8-1-4-12-21(18)24)22-13-5-2-9-19(22)16-17-20-10-3-6-14-23(20)25/h1-17H. The Balaban J connectivity index is 2.02. The van der Waals surface area contributed by atoms with Gasteiger partial charge < -0.3 is 0 Å². The van der Waals surface area contributed by atoms with E-state index in [1.807, 2.05) is 42.5 Å². The summed E-state index contributed by atoms with van der Waals surface area (Å²) in [4.78, 5) is 3.35. The van der Waals surface area contributed by atoms with Gasteiger partial charge in [0.2, 0.25) is 0 Å². The van der Waals surface area contributed by atoms with Gasteiger partial charge in [0.05, 0.1) is 0 Å². The molecule has 5 rings (SSSR count). The largest absolute Gasteiger partial charge is 0.125 e. The van der Waals surface area contributed by atoms with Crippen LogP contribution in [0.4, 0.5) is 0 Å². The van der Waals surface area contributed by atoms with Crippen LogP contribution in [-0.2, 0) is 5.54 Å². The van der Waals surface area contributed by atoms with Gasteiger partial charge in [0.15, 0.2) is 0 Å². The van der Waals surface area contributed by atoms with Crippen LogP contribution in [0.15, 0.2) is 96.1 Å². The number of fused-ring (bicyclic) bond motifs is 3. The third-order valence-electron chi connectivity index (χ3n) is 5.52. The summed E-state index contributed by atoms with van der Waals surface area (Å²) < 4.78 is 0. The molecule has 0 N–H and O–H groups in total. The Morgan fingerprint density at radius 2 is 1.14 bits per heavy atom. The van der Waals surface area contributed by atoms with Crippen molar-refractivity contribution in [2.75, 3.05) is 0 Å². The fourth-order valence-corrected chi connectivity index (χ4v) is 4.33. The monoisotopic (exact) mass is 359 g/mol. The normalized spacial score (nSPS) is 13.9. The molecule has 0 unspecified atom stereocenters. The van der Waals surface area contributed by atoms with Gasteiger partial charge in [0.25, 0.3) is 0 Å². The maximum Gasteiger partial charge on any atom is 0.125 e. The van der Waals surface area contributed by atoms with Crippen LogP contribution < -0.4 is 0 Å². The van der Waals surface area contributed by atoms with Crippen molar-refractivity contribution in [1.29, 1.82) is 0 Å². The summed E-state index contributed by atoms with van der Waals surface area (Å²) in [5.41, 5.74) is 13.8. The minimum absolute atomic E-state index is 0.952. The second kappa shape index (κ2) is 6.41. The van der Waals surface area contributed by atoms with Gasteiger partial charge in [0.1, 0.15) is 5.54 Å². The summed E-state index contributed by atoms with van der Waals surface area (Å²) in [6.45, 7) is 0. The summed E-state index contributed by atoms with van der Waals surface area (Å²) in [6, 6.07) is 30.8. The average Bonchev–Trinajstić information content (AvgIpc) is 2.90. The van der Waals surface area contributed by atoms with Crippen molar-refractivity contribution in [2.45, 2.75) is 5.54 Å². The Kier molecular flexibility index (Phi) is 3.75. The first-order valence-electron chi connectivity index (χ1n) is 9.26. The molecule has 0 atom stereocenters. The highest BCUT2D eigenvalue weighted by Gasteiger charge is 2.40. The summed E-state index contributed by atoms with van der Waals surface area (Å²) in [5.74, 6) is 0. The van der Waals surface area contributed by atoms with E-state index in [0.717, 1.165) is 38.6 Å². The number of rotatable bonds is 2. The molecule has 1 aliphatic rings. The fraction of sp³-hybridized carbons (Fsp3) is 0.0400. The van der Waals surface area contributed by atoms with Crippen molar-refractivity contribution < 1.29 is 0 Å². The molecule has 0 bridgehead atoms. The highest BCUT2D eigenvalue weighted by molar-refractivity contribution is 5.90. The Hall–Kier alpha value is -3.81. The Morgan fingerprint density at radius 3 is 1.82 bits per heavy atom. The third kappa shape index (κ3) is 2.27. The molecule has 0 aromatic heterocycles. The lowest BCUT2D eigenvalue weighted by atomic mass is 9.74. The van der Waals surface area contributed by atoms with Gasteiger partial charge in [-0.15, -0.1) is 0 Å². The van der Waals surface area contributed by atoms with Gasteiger partial charge >= 0.3 is 0 Å². The van der Waals surface area contributed by atoms with Crippen LogP contribution in [0.5, 0.6) is 0 Å². The lowest BCUT2D eigenvalue weighted by Crippen LogP contribution is -2.28. The van der Waals surface area contributed by atoms with E-state index in [9.17, 15) is 5.53 Å². The van der Waals surface area contributed by atoms with E-state index >= 15 is 0 Å². The van der Waals surface area contributed by atoms with E-state index in [1.54, 1.807) is 0 Å². The van der Waals surface area contributed by atoms with Gasteiger partial charge in [0, 0.05) is 4.91 Å². The second-order valence-electron chi connectivity index (χ2n) is 6.93. The lowest BCUT2D eigenvalue weighted by molar-refractivity contribution is 0.651. The van der Waals surface area contributed by atoms with E-state index in [4.69, 9.17) is 0 Å². The molecule has 0 saturated heterocycles. The lowest BCUT2D eigenvalue weighted by Gasteiger charge is -2.33. The first kappa shape index (κ1) is 16.4. The minimum atomic E-state index is -0.952. The molecule has 0 spiro atoms. The first-order valence-corrected chi connectivity index (χ1v) is 9.26. The van der Waals surface area contributed by atoms with Crippen LogP contribution in [0.25, 0.3) is 33.4 Å². The number of nitrogens with zero attached hydrogens (tertiary/aromatic N) is 3. The van der Waals surface area contributed by atoms with Crippen molar-refractivity contribution in [3.63, 3.8) is 0 Å². The van der Waals surface area contributed by atoms with Gasteiger partial charge in [-0.05, 0) is 44.1 Å². The molecule has 132 valence electrons. The van der Waals surface area contributed by atoms with E-state index < -0.39 is 5.54 Å². The topological polar surface area (TPSA) is 48.8 Å². The molecule has 4 aromatic rings. The number of azide groups is 1. The zero-order valence-corrected chi connectivity index (χ0v) is 15.2. The van der Waals surface area contributed by atoms with E-state index in [0.29, 0.717) is 0 Å². The predicted octanol–water partition coefficient (Wildman–Crippen LogP) is 6.93. The molecule has 3 heteroatoms. The van der Waals surface area contributed by atoms with Crippen molar-refractivity contribution in [1.82, 2.24) is 0 Å². The molecule has 0 aliphatic heterocycles. The molecule has 0 radical (unpaired) electrons. The average molecular weight is 359 g/mol. The summed E-state index contributed by atoms with van der Waals surface area (Å²) >= 11 is 0. The smallest absolute Gasteiger partial charge is 0.0729 e. The molecule has 28 heavy (non-hydrogen) atoms. The predicted molar refractivity (Wildman–Crippen MR) is 115 cm³/mol. The Labute approximate surface area is 163 Å². The van der Waals surface area contributed by atoms with E-state index in [2.05, 4.69) is 70.7 Å². The quantitative estimate of drug-likeness (QED) is 0.212. The molecular weight excluding hydrogens is 342 g/mol. The van der Waals surface area contributed by atoms with Crippen LogP contribution in [0.2, 0.25) is 0 Å². The van der Waals surface area contributed by atoms with Crippen LogP contribution in [-0.4, -0.2) is 0 Å². The number of hydrogen-bond acceptors (Lipinski definition) is 1. The summed E-state index contributed by atoms with van der Waals surface area (Å²) in [6.07, 6.45) is 4.21. The van der Waals surface area contributed by atoms with Crippen molar-refractivity contribution in [2.24, 2.45) is 5.11 Å². The SMILES string of the molecule is [N-]=[N+]=NC1(c2cccc3ccccc23)c2ccccc2C=Cc2ccccc21. The molecule has 0 heterocycles. The van der Waals surface area contributed by atoms with Gasteiger partial charge in [-0.2, -0.15) is 0 Å². The van der Waals surface area contributed by atoms with Crippen molar-refractivity contribution in [3.8, 4) is 0 Å². The zero-order chi connectivity index (χ0) is 19.0. The molecule has 0 amide bonds. The highest BCUT2D eigenvalue weighted by Crippen LogP contribution is 2.48. The summed E-state index contributed by atoms with van der Waals surface area (Å²) in [7, 11) is 0. The highest BCUT2D eigenvalue weighted by atomic mass is 15.2. The van der Waals surface area contributed by atoms with Crippen LogP contribution in [0.3, 0.4) is 0 Å². The van der Waals surface area contributed by atoms with Gasteiger partial charge in [-0.3, -0.25) is 0 Å². The summed E-state index contributed by atoms with van der Waals surface area (Å²) in [5, 5.41) is 6.73. The van der Waals surface area contributed by atoms with Gasteiger partial charge in [-0.1, -0.05) is 108 Å².